The third-order valence-electron chi connectivity index (χ3n) is 4.81. The molecule has 1 aliphatic rings. The zero-order valence-electron chi connectivity index (χ0n) is 14.0. The normalized spacial score (nSPS) is 19.8. The summed E-state index contributed by atoms with van der Waals surface area (Å²) in [6.45, 7) is 0.730. The molecular weight excluding hydrogens is 314 g/mol. The number of rotatable bonds is 5. The van der Waals surface area contributed by atoms with Crippen molar-refractivity contribution >= 4 is 11.8 Å². The predicted octanol–water partition coefficient (Wildman–Crippen LogP) is 3.54. The molecule has 25 heavy (non-hydrogen) atoms. The van der Waals surface area contributed by atoms with E-state index in [4.69, 9.17) is 6.42 Å². The summed E-state index contributed by atoms with van der Waals surface area (Å²) in [5.74, 6) is 2.77. The molecule has 2 aromatic rings. The van der Waals surface area contributed by atoms with Gasteiger partial charge in [-0.15, -0.1) is 6.42 Å². The van der Waals surface area contributed by atoms with Gasteiger partial charge in [0.15, 0.2) is 5.69 Å². The van der Waals surface area contributed by atoms with E-state index in [9.17, 15) is 9.90 Å². The molecule has 1 aliphatic carbocycles. The highest BCUT2D eigenvalue weighted by Gasteiger charge is 2.24. The molecule has 0 bridgehead atoms. The SMILES string of the molecule is C#Cc1c(NCC2CCCC(c3ccccc3)C2)ncnc1C(=O)O. The molecule has 1 saturated carbocycles. The molecule has 0 saturated heterocycles. The van der Waals surface area contributed by atoms with E-state index in [-0.39, 0.29) is 11.3 Å². The summed E-state index contributed by atoms with van der Waals surface area (Å²) < 4.78 is 0. The first-order valence-corrected chi connectivity index (χ1v) is 8.52. The van der Waals surface area contributed by atoms with Crippen LogP contribution in [0.1, 0.15) is 53.2 Å². The number of aromatic carboxylic acids is 1. The monoisotopic (exact) mass is 335 g/mol. The average Bonchev–Trinajstić information content (AvgIpc) is 2.66. The molecule has 1 aromatic carbocycles. The molecular formula is C20H21N3O2. The second-order valence-corrected chi connectivity index (χ2v) is 6.42. The average molecular weight is 335 g/mol. The van der Waals surface area contributed by atoms with Crippen LogP contribution in [-0.2, 0) is 0 Å². The summed E-state index contributed by atoms with van der Waals surface area (Å²) in [4.78, 5) is 19.1. The van der Waals surface area contributed by atoms with Crippen molar-refractivity contribution in [2.75, 3.05) is 11.9 Å². The van der Waals surface area contributed by atoms with Crippen molar-refractivity contribution in [2.45, 2.75) is 31.6 Å². The maximum atomic E-state index is 11.2. The highest BCUT2D eigenvalue weighted by Crippen LogP contribution is 2.36. The van der Waals surface area contributed by atoms with Gasteiger partial charge in [0.2, 0.25) is 0 Å². The van der Waals surface area contributed by atoms with E-state index < -0.39 is 5.97 Å². The van der Waals surface area contributed by atoms with E-state index in [1.807, 2.05) is 6.07 Å². The molecule has 1 aromatic heterocycles. The quantitative estimate of drug-likeness (QED) is 0.818. The van der Waals surface area contributed by atoms with E-state index in [2.05, 4.69) is 45.5 Å². The Morgan fingerprint density at radius 1 is 1.28 bits per heavy atom. The zero-order chi connectivity index (χ0) is 17.6. The second kappa shape index (κ2) is 7.80. The first-order valence-electron chi connectivity index (χ1n) is 8.52. The molecule has 5 heteroatoms. The van der Waals surface area contributed by atoms with Gasteiger partial charge < -0.3 is 10.4 Å². The lowest BCUT2D eigenvalue weighted by Gasteiger charge is -2.29. The lowest BCUT2D eigenvalue weighted by Crippen LogP contribution is -2.22. The van der Waals surface area contributed by atoms with Crippen molar-refractivity contribution in [3.05, 3.63) is 53.5 Å². The van der Waals surface area contributed by atoms with Gasteiger partial charge in [0, 0.05) is 6.54 Å². The van der Waals surface area contributed by atoms with Gasteiger partial charge in [-0.3, -0.25) is 0 Å². The Kier molecular flexibility index (Phi) is 5.30. The fourth-order valence-corrected chi connectivity index (χ4v) is 3.56. The highest BCUT2D eigenvalue weighted by molar-refractivity contribution is 5.90. The molecule has 1 heterocycles. The Morgan fingerprint density at radius 2 is 2.08 bits per heavy atom. The van der Waals surface area contributed by atoms with Crippen molar-refractivity contribution in [3.63, 3.8) is 0 Å². The Balaban J connectivity index is 1.67. The first kappa shape index (κ1) is 17.0. The Morgan fingerprint density at radius 3 is 2.80 bits per heavy atom. The minimum absolute atomic E-state index is 0.134. The van der Waals surface area contributed by atoms with E-state index >= 15 is 0 Å². The van der Waals surface area contributed by atoms with Crippen molar-refractivity contribution in [1.82, 2.24) is 9.97 Å². The number of nitrogens with one attached hydrogen (secondary N) is 1. The van der Waals surface area contributed by atoms with Crippen molar-refractivity contribution < 1.29 is 9.90 Å². The lowest BCUT2D eigenvalue weighted by molar-refractivity contribution is 0.0690. The van der Waals surface area contributed by atoms with Gasteiger partial charge in [0.1, 0.15) is 12.1 Å². The molecule has 2 atom stereocenters. The van der Waals surface area contributed by atoms with Crippen LogP contribution in [0, 0.1) is 18.3 Å². The van der Waals surface area contributed by atoms with Crippen LogP contribution in [-0.4, -0.2) is 27.6 Å². The number of carboxylic acids is 1. The molecule has 2 unspecified atom stereocenters. The van der Waals surface area contributed by atoms with Gasteiger partial charge >= 0.3 is 5.97 Å². The third-order valence-corrected chi connectivity index (χ3v) is 4.81. The van der Waals surface area contributed by atoms with E-state index in [0.717, 1.165) is 19.4 Å². The molecule has 128 valence electrons. The van der Waals surface area contributed by atoms with E-state index in [1.54, 1.807) is 0 Å². The van der Waals surface area contributed by atoms with Crippen molar-refractivity contribution in [1.29, 1.82) is 0 Å². The number of anilines is 1. The topological polar surface area (TPSA) is 75.1 Å². The Labute approximate surface area is 147 Å². The summed E-state index contributed by atoms with van der Waals surface area (Å²) >= 11 is 0. The summed E-state index contributed by atoms with van der Waals surface area (Å²) in [6, 6.07) is 10.6. The number of aromatic nitrogens is 2. The summed E-state index contributed by atoms with van der Waals surface area (Å²) in [5.41, 5.74) is 1.47. The van der Waals surface area contributed by atoms with Crippen LogP contribution >= 0.6 is 0 Å². The number of carboxylic acid groups (broad SMARTS) is 1. The van der Waals surface area contributed by atoms with Crippen LogP contribution < -0.4 is 5.32 Å². The van der Waals surface area contributed by atoms with Crippen molar-refractivity contribution in [2.24, 2.45) is 5.92 Å². The zero-order valence-corrected chi connectivity index (χ0v) is 14.0. The molecule has 5 nitrogen and oxygen atoms in total. The van der Waals surface area contributed by atoms with E-state index in [0.29, 0.717) is 17.7 Å². The largest absolute Gasteiger partial charge is 0.476 e. The molecule has 0 amide bonds. The van der Waals surface area contributed by atoms with Gasteiger partial charge in [-0.1, -0.05) is 42.7 Å². The number of benzene rings is 1. The van der Waals surface area contributed by atoms with Gasteiger partial charge in [0.05, 0.1) is 5.56 Å². The maximum Gasteiger partial charge on any atom is 0.356 e. The molecule has 3 rings (SSSR count). The second-order valence-electron chi connectivity index (χ2n) is 6.42. The Bertz CT molecular complexity index is 783. The first-order chi connectivity index (χ1) is 12.2. The summed E-state index contributed by atoms with van der Waals surface area (Å²) in [7, 11) is 0. The van der Waals surface area contributed by atoms with Crippen LogP contribution in [0.4, 0.5) is 5.82 Å². The van der Waals surface area contributed by atoms with Gasteiger partial charge in [0.25, 0.3) is 0 Å². The van der Waals surface area contributed by atoms with Crippen molar-refractivity contribution in [3.8, 4) is 12.3 Å². The smallest absolute Gasteiger partial charge is 0.356 e. The fourth-order valence-electron chi connectivity index (χ4n) is 3.56. The number of carbonyl (C=O) groups is 1. The summed E-state index contributed by atoms with van der Waals surface area (Å²) in [5, 5.41) is 12.4. The summed E-state index contributed by atoms with van der Waals surface area (Å²) in [6.07, 6.45) is 11.4. The Hall–Kier alpha value is -2.87. The molecule has 0 spiro atoms. The van der Waals surface area contributed by atoms with Gasteiger partial charge in [-0.2, -0.15) is 0 Å². The number of hydrogen-bond donors (Lipinski definition) is 2. The molecule has 0 aliphatic heterocycles. The molecule has 0 radical (unpaired) electrons. The van der Waals surface area contributed by atoms with Crippen LogP contribution in [0.3, 0.4) is 0 Å². The van der Waals surface area contributed by atoms with Crippen LogP contribution in [0.25, 0.3) is 0 Å². The third kappa shape index (κ3) is 3.97. The van der Waals surface area contributed by atoms with Gasteiger partial charge in [-0.05, 0) is 36.7 Å². The van der Waals surface area contributed by atoms with E-state index in [1.165, 1.54) is 24.7 Å². The number of nitrogens with zero attached hydrogens (tertiary/aromatic N) is 2. The standard InChI is InChI=1S/C20H21N3O2/c1-2-17-18(20(24)25)22-13-23-19(17)21-12-14-7-6-10-16(11-14)15-8-4-3-5-9-15/h1,3-5,8-9,13-14,16H,6-7,10-12H2,(H,24,25)(H,21,22,23). The highest BCUT2D eigenvalue weighted by atomic mass is 16.4. The van der Waals surface area contributed by atoms with Crippen LogP contribution in [0.5, 0.6) is 0 Å². The predicted molar refractivity (Wildman–Crippen MR) is 96.6 cm³/mol. The molecule has 2 N–H and O–H groups in total. The molecule has 1 fully saturated rings. The number of terminal acetylenes is 1. The van der Waals surface area contributed by atoms with Gasteiger partial charge in [-0.25, -0.2) is 14.8 Å². The minimum Gasteiger partial charge on any atom is -0.476 e. The van der Waals surface area contributed by atoms with Crippen LogP contribution in [0.15, 0.2) is 36.7 Å². The number of hydrogen-bond acceptors (Lipinski definition) is 4. The maximum absolute atomic E-state index is 11.2. The lowest BCUT2D eigenvalue weighted by atomic mass is 9.78. The minimum atomic E-state index is -1.14. The van der Waals surface area contributed by atoms with Crippen LogP contribution in [0.2, 0.25) is 0 Å². The fraction of sp³-hybridized carbons (Fsp3) is 0.350.